The minimum atomic E-state index is -3.75. The van der Waals surface area contributed by atoms with E-state index in [1.54, 1.807) is 73.8 Å². The van der Waals surface area contributed by atoms with Crippen LogP contribution in [0.4, 0.5) is 10.8 Å². The third-order valence-corrected chi connectivity index (χ3v) is 9.75. The van der Waals surface area contributed by atoms with Crippen LogP contribution >= 0.6 is 11.3 Å². The van der Waals surface area contributed by atoms with Gasteiger partial charge in [0.1, 0.15) is 5.52 Å². The summed E-state index contributed by atoms with van der Waals surface area (Å²) in [6, 6.07) is 19.0. The van der Waals surface area contributed by atoms with Crippen LogP contribution in [-0.4, -0.2) is 71.2 Å². The highest BCUT2D eigenvalue weighted by Gasteiger charge is 2.27. The zero-order valence-corrected chi connectivity index (χ0v) is 23.7. The molecule has 0 spiro atoms. The van der Waals surface area contributed by atoms with Gasteiger partial charge in [-0.1, -0.05) is 29.5 Å². The molecule has 204 valence electrons. The summed E-state index contributed by atoms with van der Waals surface area (Å²) in [4.78, 5) is 22.1. The molecular weight excluding hydrogens is 536 g/mol. The van der Waals surface area contributed by atoms with Crippen molar-refractivity contribution in [2.45, 2.75) is 11.8 Å². The maximum Gasteiger partial charge on any atom is 0.264 e. The number of piperazine rings is 1. The van der Waals surface area contributed by atoms with E-state index in [0.717, 1.165) is 15.3 Å². The summed E-state index contributed by atoms with van der Waals surface area (Å²) in [6.07, 6.45) is 0. The van der Waals surface area contributed by atoms with Crippen LogP contribution in [0.3, 0.4) is 0 Å². The largest absolute Gasteiger partial charge is 0.493 e. The number of amides is 1. The third kappa shape index (κ3) is 5.11. The number of thiazole rings is 1. The summed E-state index contributed by atoms with van der Waals surface area (Å²) in [5, 5.41) is 0.872. The fourth-order valence-electron chi connectivity index (χ4n) is 4.70. The first kappa shape index (κ1) is 26.8. The number of aromatic nitrogens is 1. The van der Waals surface area contributed by atoms with Gasteiger partial charge in [0, 0.05) is 38.3 Å². The predicted molar refractivity (Wildman–Crippen MR) is 154 cm³/mol. The van der Waals surface area contributed by atoms with Gasteiger partial charge in [-0.25, -0.2) is 13.4 Å². The summed E-state index contributed by atoms with van der Waals surface area (Å²) >= 11 is 1.58. The molecule has 1 fully saturated rings. The molecule has 5 rings (SSSR count). The second kappa shape index (κ2) is 11.1. The Kier molecular flexibility index (Phi) is 7.62. The standard InChI is InChI=1S/C28H30N4O5S2/c1-4-32(21-8-6-5-7-9-21)39(34,35)22-12-10-20(11-13-22)27(33)30-16-18-31(19-17-30)28-29-25-24(38-28)15-14-23(36-2)26(25)37-3/h5-15H,4,16-19H2,1-3H3. The first-order chi connectivity index (χ1) is 18.9. The Bertz CT molecular complexity index is 1570. The second-order valence-electron chi connectivity index (χ2n) is 8.95. The molecule has 2 heterocycles. The topological polar surface area (TPSA) is 92.3 Å². The smallest absolute Gasteiger partial charge is 0.264 e. The first-order valence-corrected chi connectivity index (χ1v) is 14.9. The highest BCUT2D eigenvalue weighted by Crippen LogP contribution is 2.40. The van der Waals surface area contributed by atoms with Crippen molar-refractivity contribution in [3.63, 3.8) is 0 Å². The molecule has 9 nitrogen and oxygen atoms in total. The van der Waals surface area contributed by atoms with Gasteiger partial charge in [-0.2, -0.15) is 0 Å². The average molecular weight is 567 g/mol. The van der Waals surface area contributed by atoms with Crippen molar-refractivity contribution < 1.29 is 22.7 Å². The van der Waals surface area contributed by atoms with E-state index < -0.39 is 10.0 Å². The van der Waals surface area contributed by atoms with Gasteiger partial charge in [0.15, 0.2) is 16.6 Å². The van der Waals surface area contributed by atoms with Gasteiger partial charge in [0.2, 0.25) is 0 Å². The summed E-state index contributed by atoms with van der Waals surface area (Å²) in [5.74, 6) is 1.13. The molecule has 4 aromatic rings. The molecule has 0 bridgehead atoms. The van der Waals surface area contributed by atoms with Crippen molar-refractivity contribution in [2.24, 2.45) is 0 Å². The van der Waals surface area contributed by atoms with E-state index in [2.05, 4.69) is 4.90 Å². The van der Waals surface area contributed by atoms with Crippen LogP contribution in [0.5, 0.6) is 11.5 Å². The van der Waals surface area contributed by atoms with Crippen molar-refractivity contribution >= 4 is 48.3 Å². The molecule has 3 aromatic carbocycles. The van der Waals surface area contributed by atoms with Crippen LogP contribution in [-0.2, 0) is 10.0 Å². The number of benzene rings is 3. The Balaban J connectivity index is 1.26. The van der Waals surface area contributed by atoms with Crippen molar-refractivity contribution in [1.29, 1.82) is 0 Å². The lowest BCUT2D eigenvalue weighted by molar-refractivity contribution is 0.0746. The molecule has 1 aliphatic rings. The normalized spacial score (nSPS) is 13.9. The maximum atomic E-state index is 13.3. The fraction of sp³-hybridized carbons (Fsp3) is 0.286. The Hall–Kier alpha value is -3.83. The molecule has 1 saturated heterocycles. The van der Waals surface area contributed by atoms with Gasteiger partial charge in [0.25, 0.3) is 15.9 Å². The number of hydrogen-bond acceptors (Lipinski definition) is 8. The zero-order chi connectivity index (χ0) is 27.6. The van der Waals surface area contributed by atoms with Gasteiger partial charge >= 0.3 is 0 Å². The van der Waals surface area contributed by atoms with Gasteiger partial charge in [0.05, 0.1) is 29.5 Å². The zero-order valence-electron chi connectivity index (χ0n) is 22.0. The molecule has 0 N–H and O–H groups in total. The SMILES string of the molecule is CCN(c1ccccc1)S(=O)(=O)c1ccc(C(=O)N2CCN(c3nc4c(OC)c(OC)ccc4s3)CC2)cc1. The van der Waals surface area contributed by atoms with E-state index in [0.29, 0.717) is 55.5 Å². The molecule has 0 saturated carbocycles. The number of anilines is 2. The molecule has 0 radical (unpaired) electrons. The summed E-state index contributed by atoms with van der Waals surface area (Å²) < 4.78 is 39.8. The Morgan fingerprint density at radius 2 is 1.64 bits per heavy atom. The molecule has 0 unspecified atom stereocenters. The molecule has 0 atom stereocenters. The maximum absolute atomic E-state index is 13.3. The number of rotatable bonds is 8. The number of methoxy groups -OCH3 is 2. The highest BCUT2D eigenvalue weighted by molar-refractivity contribution is 7.92. The van der Waals surface area contributed by atoms with E-state index in [1.807, 2.05) is 18.2 Å². The lowest BCUT2D eigenvalue weighted by Gasteiger charge is -2.34. The molecular formula is C28H30N4O5S2. The predicted octanol–water partition coefficient (Wildman–Crippen LogP) is 4.49. The number of nitrogens with zero attached hydrogens (tertiary/aromatic N) is 4. The number of ether oxygens (including phenoxy) is 2. The van der Waals surface area contributed by atoms with Crippen molar-refractivity contribution in [3.8, 4) is 11.5 Å². The summed E-state index contributed by atoms with van der Waals surface area (Å²) in [7, 11) is -0.547. The van der Waals surface area contributed by atoms with Crippen LogP contribution < -0.4 is 18.7 Å². The van der Waals surface area contributed by atoms with E-state index in [-0.39, 0.29) is 10.8 Å². The van der Waals surface area contributed by atoms with Gasteiger partial charge in [-0.3, -0.25) is 9.10 Å². The first-order valence-electron chi connectivity index (χ1n) is 12.6. The number of para-hydroxylation sites is 1. The lowest BCUT2D eigenvalue weighted by Crippen LogP contribution is -2.48. The van der Waals surface area contributed by atoms with E-state index in [9.17, 15) is 13.2 Å². The highest BCUT2D eigenvalue weighted by atomic mass is 32.2. The van der Waals surface area contributed by atoms with Gasteiger partial charge < -0.3 is 19.3 Å². The molecule has 39 heavy (non-hydrogen) atoms. The van der Waals surface area contributed by atoms with E-state index in [4.69, 9.17) is 14.5 Å². The Morgan fingerprint density at radius 1 is 0.949 bits per heavy atom. The third-order valence-electron chi connectivity index (χ3n) is 6.75. The Labute approximate surface area is 232 Å². The fourth-order valence-corrected chi connectivity index (χ4v) is 7.19. The second-order valence-corrected chi connectivity index (χ2v) is 11.8. The molecule has 1 aromatic heterocycles. The molecule has 0 aliphatic carbocycles. The van der Waals surface area contributed by atoms with Crippen LogP contribution in [0.1, 0.15) is 17.3 Å². The number of fused-ring (bicyclic) bond motifs is 1. The van der Waals surface area contributed by atoms with Crippen LogP contribution in [0.15, 0.2) is 71.6 Å². The minimum Gasteiger partial charge on any atom is -0.493 e. The minimum absolute atomic E-state index is 0.121. The van der Waals surface area contributed by atoms with Crippen molar-refractivity contribution in [3.05, 3.63) is 72.3 Å². The van der Waals surface area contributed by atoms with Crippen LogP contribution in [0, 0.1) is 0 Å². The monoisotopic (exact) mass is 566 g/mol. The van der Waals surface area contributed by atoms with Gasteiger partial charge in [-0.05, 0) is 55.5 Å². The van der Waals surface area contributed by atoms with Crippen LogP contribution in [0.25, 0.3) is 10.2 Å². The molecule has 11 heteroatoms. The van der Waals surface area contributed by atoms with Crippen LogP contribution in [0.2, 0.25) is 0 Å². The molecule has 1 amide bonds. The number of carbonyl (C=O) groups excluding carboxylic acids is 1. The van der Waals surface area contributed by atoms with Crippen molar-refractivity contribution in [2.75, 3.05) is 56.1 Å². The molecule has 1 aliphatic heterocycles. The number of hydrogen-bond donors (Lipinski definition) is 0. The van der Waals surface area contributed by atoms with Gasteiger partial charge in [-0.15, -0.1) is 0 Å². The quantitative estimate of drug-likeness (QED) is 0.310. The van der Waals surface area contributed by atoms with Crippen molar-refractivity contribution in [1.82, 2.24) is 9.88 Å². The lowest BCUT2D eigenvalue weighted by atomic mass is 10.2. The number of sulfonamides is 1. The summed E-state index contributed by atoms with van der Waals surface area (Å²) in [5.41, 5.74) is 1.82. The summed E-state index contributed by atoms with van der Waals surface area (Å²) in [6.45, 7) is 4.44. The number of carbonyl (C=O) groups is 1. The Morgan fingerprint density at radius 3 is 2.26 bits per heavy atom. The van der Waals surface area contributed by atoms with E-state index >= 15 is 0 Å². The van der Waals surface area contributed by atoms with E-state index in [1.165, 1.54) is 16.4 Å². The average Bonchev–Trinajstić information content (AvgIpc) is 3.42.